The molecule has 1 aliphatic heterocycles. The van der Waals surface area contributed by atoms with E-state index in [-0.39, 0.29) is 6.29 Å². The second-order valence-corrected chi connectivity index (χ2v) is 2.63. The molecule has 13 heavy (non-hydrogen) atoms. The van der Waals surface area contributed by atoms with Crippen LogP contribution in [-0.4, -0.2) is 53.2 Å². The highest BCUT2D eigenvalue weighted by molar-refractivity contribution is 4.51. The SMILES string of the molecule is COCC(OC)OC1COCCO1. The molecule has 1 fully saturated rings. The Morgan fingerprint density at radius 1 is 1.38 bits per heavy atom. The number of hydrogen-bond donors (Lipinski definition) is 0. The van der Waals surface area contributed by atoms with E-state index in [9.17, 15) is 0 Å². The fourth-order valence-corrected chi connectivity index (χ4v) is 1.01. The molecule has 0 N–H and O–H groups in total. The van der Waals surface area contributed by atoms with Gasteiger partial charge >= 0.3 is 0 Å². The van der Waals surface area contributed by atoms with Crippen LogP contribution in [0.5, 0.6) is 0 Å². The molecule has 1 saturated heterocycles. The number of ether oxygens (including phenoxy) is 5. The lowest BCUT2D eigenvalue weighted by Crippen LogP contribution is -2.36. The highest BCUT2D eigenvalue weighted by Crippen LogP contribution is 2.06. The maximum atomic E-state index is 5.39. The molecule has 5 nitrogen and oxygen atoms in total. The van der Waals surface area contributed by atoms with Crippen molar-refractivity contribution < 1.29 is 23.7 Å². The number of rotatable bonds is 5. The maximum absolute atomic E-state index is 5.39. The monoisotopic (exact) mass is 192 g/mol. The molecule has 2 atom stereocenters. The van der Waals surface area contributed by atoms with Crippen LogP contribution in [0.1, 0.15) is 0 Å². The minimum absolute atomic E-state index is 0.339. The van der Waals surface area contributed by atoms with Crippen LogP contribution in [0.4, 0.5) is 0 Å². The van der Waals surface area contributed by atoms with E-state index in [4.69, 9.17) is 23.7 Å². The average Bonchev–Trinajstić information content (AvgIpc) is 2.19. The van der Waals surface area contributed by atoms with Crippen LogP contribution in [0.2, 0.25) is 0 Å². The zero-order valence-electron chi connectivity index (χ0n) is 8.02. The molecule has 0 bridgehead atoms. The summed E-state index contributed by atoms with van der Waals surface area (Å²) in [5.74, 6) is 0. The van der Waals surface area contributed by atoms with Crippen molar-refractivity contribution in [3.05, 3.63) is 0 Å². The van der Waals surface area contributed by atoms with Crippen LogP contribution < -0.4 is 0 Å². The van der Waals surface area contributed by atoms with E-state index in [1.165, 1.54) is 0 Å². The third kappa shape index (κ3) is 4.02. The van der Waals surface area contributed by atoms with Gasteiger partial charge in [0.05, 0.1) is 26.4 Å². The topological polar surface area (TPSA) is 46.2 Å². The molecule has 0 amide bonds. The van der Waals surface area contributed by atoms with Crippen molar-refractivity contribution >= 4 is 0 Å². The van der Waals surface area contributed by atoms with Gasteiger partial charge in [-0.25, -0.2) is 0 Å². The van der Waals surface area contributed by atoms with Crippen molar-refractivity contribution in [1.29, 1.82) is 0 Å². The van der Waals surface area contributed by atoms with Gasteiger partial charge in [-0.3, -0.25) is 0 Å². The zero-order valence-corrected chi connectivity index (χ0v) is 8.02. The summed E-state index contributed by atoms with van der Waals surface area (Å²) in [6.45, 7) is 2.02. The summed E-state index contributed by atoms with van der Waals surface area (Å²) in [6, 6.07) is 0. The summed E-state index contributed by atoms with van der Waals surface area (Å²) in [4.78, 5) is 0. The van der Waals surface area contributed by atoms with Gasteiger partial charge in [0.15, 0.2) is 12.6 Å². The molecule has 2 unspecified atom stereocenters. The fourth-order valence-electron chi connectivity index (χ4n) is 1.01. The normalized spacial score (nSPS) is 25.8. The minimum Gasteiger partial charge on any atom is -0.379 e. The van der Waals surface area contributed by atoms with Crippen LogP contribution in [-0.2, 0) is 23.7 Å². The molecule has 0 spiro atoms. The molecule has 1 aliphatic rings. The molecular weight excluding hydrogens is 176 g/mol. The van der Waals surface area contributed by atoms with Crippen molar-refractivity contribution in [1.82, 2.24) is 0 Å². The molecular formula is C8H16O5. The van der Waals surface area contributed by atoms with E-state index in [1.807, 2.05) is 0 Å². The van der Waals surface area contributed by atoms with Crippen LogP contribution in [0.15, 0.2) is 0 Å². The molecule has 5 heteroatoms. The Kier molecular flexibility index (Phi) is 5.26. The standard InChI is InChI=1S/C8H16O5/c1-9-5-7(10-2)13-8-6-11-3-4-12-8/h7-8H,3-6H2,1-2H3. The van der Waals surface area contributed by atoms with Crippen molar-refractivity contribution in [3.63, 3.8) is 0 Å². The molecule has 0 saturated carbocycles. The number of hydrogen-bond acceptors (Lipinski definition) is 5. The van der Waals surface area contributed by atoms with Gasteiger partial charge in [-0.1, -0.05) is 0 Å². The maximum Gasteiger partial charge on any atom is 0.184 e. The van der Waals surface area contributed by atoms with E-state index in [0.29, 0.717) is 26.4 Å². The summed E-state index contributed by atoms with van der Waals surface area (Å²) in [7, 11) is 3.15. The van der Waals surface area contributed by atoms with Gasteiger partial charge < -0.3 is 23.7 Å². The van der Waals surface area contributed by atoms with Gasteiger partial charge in [0, 0.05) is 14.2 Å². The second kappa shape index (κ2) is 6.28. The Morgan fingerprint density at radius 2 is 2.23 bits per heavy atom. The molecule has 0 radical (unpaired) electrons. The first kappa shape index (κ1) is 10.9. The molecule has 78 valence electrons. The van der Waals surface area contributed by atoms with Crippen LogP contribution in [0.3, 0.4) is 0 Å². The smallest absolute Gasteiger partial charge is 0.184 e. The van der Waals surface area contributed by atoms with Crippen molar-refractivity contribution in [3.8, 4) is 0 Å². The van der Waals surface area contributed by atoms with E-state index >= 15 is 0 Å². The average molecular weight is 192 g/mol. The lowest BCUT2D eigenvalue weighted by atomic mass is 10.5. The van der Waals surface area contributed by atoms with Crippen LogP contribution in [0, 0.1) is 0 Å². The van der Waals surface area contributed by atoms with E-state index in [0.717, 1.165) is 0 Å². The first-order valence-corrected chi connectivity index (χ1v) is 4.23. The van der Waals surface area contributed by atoms with Gasteiger partial charge in [0.1, 0.15) is 0 Å². The Morgan fingerprint density at radius 3 is 2.77 bits per heavy atom. The first-order chi connectivity index (χ1) is 6.36. The highest BCUT2D eigenvalue weighted by Gasteiger charge is 2.19. The lowest BCUT2D eigenvalue weighted by molar-refractivity contribution is -0.281. The van der Waals surface area contributed by atoms with Crippen molar-refractivity contribution in [2.75, 3.05) is 40.6 Å². The van der Waals surface area contributed by atoms with Gasteiger partial charge in [0.2, 0.25) is 0 Å². The van der Waals surface area contributed by atoms with Gasteiger partial charge in [-0.2, -0.15) is 0 Å². The Bertz CT molecular complexity index is 121. The Balaban J connectivity index is 2.18. The van der Waals surface area contributed by atoms with Gasteiger partial charge in [-0.15, -0.1) is 0 Å². The third-order valence-electron chi connectivity index (χ3n) is 1.65. The van der Waals surface area contributed by atoms with Crippen LogP contribution in [0.25, 0.3) is 0 Å². The highest BCUT2D eigenvalue weighted by atomic mass is 16.8. The van der Waals surface area contributed by atoms with E-state index in [1.54, 1.807) is 14.2 Å². The molecule has 1 rings (SSSR count). The number of methoxy groups -OCH3 is 2. The van der Waals surface area contributed by atoms with E-state index < -0.39 is 6.29 Å². The summed E-state index contributed by atoms with van der Waals surface area (Å²) < 4.78 is 25.7. The molecule has 0 aromatic rings. The second-order valence-electron chi connectivity index (χ2n) is 2.63. The molecule has 0 aliphatic carbocycles. The molecule has 1 heterocycles. The lowest BCUT2D eigenvalue weighted by Gasteiger charge is -2.26. The van der Waals surface area contributed by atoms with Crippen molar-refractivity contribution in [2.24, 2.45) is 0 Å². The summed E-state index contributed by atoms with van der Waals surface area (Å²) in [5.41, 5.74) is 0. The van der Waals surface area contributed by atoms with Crippen molar-refractivity contribution in [2.45, 2.75) is 12.6 Å². The Hall–Kier alpha value is -0.200. The minimum atomic E-state index is -0.392. The van der Waals surface area contributed by atoms with Gasteiger partial charge in [-0.05, 0) is 0 Å². The molecule has 0 aromatic carbocycles. The van der Waals surface area contributed by atoms with Gasteiger partial charge in [0.25, 0.3) is 0 Å². The zero-order chi connectivity index (χ0) is 9.52. The largest absolute Gasteiger partial charge is 0.379 e. The quantitative estimate of drug-likeness (QED) is 0.573. The predicted molar refractivity (Wildman–Crippen MR) is 44.3 cm³/mol. The fraction of sp³-hybridized carbons (Fsp3) is 1.00. The predicted octanol–water partition coefficient (Wildman–Crippen LogP) is -0.00520. The third-order valence-corrected chi connectivity index (χ3v) is 1.65. The molecule has 0 aromatic heterocycles. The summed E-state index contributed by atoms with van der Waals surface area (Å²) in [5, 5.41) is 0. The Labute approximate surface area is 77.9 Å². The van der Waals surface area contributed by atoms with E-state index in [2.05, 4.69) is 0 Å². The summed E-state index contributed by atoms with van der Waals surface area (Å²) >= 11 is 0. The summed E-state index contributed by atoms with van der Waals surface area (Å²) in [6.07, 6.45) is -0.731. The first-order valence-electron chi connectivity index (χ1n) is 4.23. The van der Waals surface area contributed by atoms with Crippen LogP contribution >= 0.6 is 0 Å².